The van der Waals surface area contributed by atoms with Gasteiger partial charge in [0, 0.05) is 31.6 Å². The molecule has 2 heterocycles. The number of carbonyl (C=O) groups is 1. The third-order valence-electron chi connectivity index (χ3n) is 6.32. The highest BCUT2D eigenvalue weighted by Gasteiger charge is 2.47. The number of anilines is 1. The number of aliphatic hydroxyl groups excluding tert-OH is 1. The molecule has 5 heteroatoms. The molecular weight excluding hydrogens is 350 g/mol. The second-order valence-corrected chi connectivity index (χ2v) is 7.66. The molecule has 2 aliphatic rings. The molecule has 0 radical (unpaired) electrons. The van der Waals surface area contributed by atoms with E-state index in [4.69, 9.17) is 5.26 Å². The number of carbonyl (C=O) groups excluding carboxylic acids is 1. The van der Waals surface area contributed by atoms with E-state index >= 15 is 0 Å². The summed E-state index contributed by atoms with van der Waals surface area (Å²) in [6.07, 6.45) is 1.40. The molecule has 1 amide bonds. The summed E-state index contributed by atoms with van der Waals surface area (Å²) in [6.45, 7) is 2.73. The smallest absolute Gasteiger partial charge is 0.222 e. The summed E-state index contributed by atoms with van der Waals surface area (Å²) in [5.41, 5.74) is 5.00. The fraction of sp³-hybridized carbons (Fsp3) is 0.391. The lowest BCUT2D eigenvalue weighted by Gasteiger charge is -2.44. The number of likely N-dealkylation sites (tertiary alicyclic amines) is 1. The van der Waals surface area contributed by atoms with Crippen molar-refractivity contribution in [1.82, 2.24) is 4.90 Å². The number of benzene rings is 2. The molecule has 0 unspecified atom stereocenters. The average molecular weight is 375 g/mol. The van der Waals surface area contributed by atoms with E-state index in [-0.39, 0.29) is 30.5 Å². The first kappa shape index (κ1) is 18.5. The number of fused-ring (bicyclic) bond motifs is 3. The molecule has 2 aromatic rings. The number of aliphatic hydroxyl groups is 1. The number of amides is 1. The highest BCUT2D eigenvalue weighted by molar-refractivity contribution is 5.78. The Bertz CT molecular complexity index is 932. The molecule has 0 spiro atoms. The lowest BCUT2D eigenvalue weighted by atomic mass is 9.81. The predicted octanol–water partition coefficient (Wildman–Crippen LogP) is 3.34. The van der Waals surface area contributed by atoms with Crippen LogP contribution in [0.2, 0.25) is 0 Å². The van der Waals surface area contributed by atoms with Crippen molar-refractivity contribution in [3.8, 4) is 17.2 Å². The van der Waals surface area contributed by atoms with Crippen LogP contribution in [0, 0.1) is 17.2 Å². The maximum absolute atomic E-state index is 12.6. The van der Waals surface area contributed by atoms with Crippen molar-refractivity contribution in [3.63, 3.8) is 0 Å². The van der Waals surface area contributed by atoms with Gasteiger partial charge >= 0.3 is 0 Å². The average Bonchev–Trinajstić information content (AvgIpc) is 3.18. The normalized spacial score (nSPS) is 23.1. The van der Waals surface area contributed by atoms with Gasteiger partial charge in [0.2, 0.25) is 5.91 Å². The molecule has 1 fully saturated rings. The second-order valence-electron chi connectivity index (χ2n) is 7.66. The van der Waals surface area contributed by atoms with E-state index < -0.39 is 0 Å². The molecule has 3 atom stereocenters. The number of rotatable bonds is 3. The Labute approximate surface area is 165 Å². The van der Waals surface area contributed by atoms with E-state index in [0.717, 1.165) is 35.3 Å². The van der Waals surface area contributed by atoms with Crippen LogP contribution in [-0.4, -0.2) is 42.2 Å². The molecule has 5 nitrogen and oxygen atoms in total. The Kier molecular flexibility index (Phi) is 4.82. The van der Waals surface area contributed by atoms with Gasteiger partial charge in [0.25, 0.3) is 0 Å². The highest BCUT2D eigenvalue weighted by Crippen LogP contribution is 2.49. The van der Waals surface area contributed by atoms with Crippen LogP contribution in [0.3, 0.4) is 0 Å². The standard InChI is InChI=1S/C23H25N3O2/c1-3-22(28)26-11-10-18-21(14-27)25(2)20-9-8-17(12-19(20)23(18)26)16-6-4-15(13-24)5-7-16/h4-9,12,18,21,23,27H,3,10-11,14H2,1-2H3/t18-,21-,23-/m1/s1. The summed E-state index contributed by atoms with van der Waals surface area (Å²) < 4.78 is 0. The minimum atomic E-state index is 0.00846. The van der Waals surface area contributed by atoms with Crippen molar-refractivity contribution >= 4 is 11.6 Å². The van der Waals surface area contributed by atoms with Crippen LogP contribution in [0.1, 0.15) is 36.9 Å². The zero-order chi connectivity index (χ0) is 19.8. The first-order valence-electron chi connectivity index (χ1n) is 9.86. The van der Waals surface area contributed by atoms with Gasteiger partial charge in [0.15, 0.2) is 0 Å². The zero-order valence-electron chi connectivity index (χ0n) is 16.3. The molecule has 1 saturated heterocycles. The summed E-state index contributed by atoms with van der Waals surface area (Å²) in [7, 11) is 2.03. The van der Waals surface area contributed by atoms with Crippen LogP contribution in [0.4, 0.5) is 5.69 Å². The number of nitriles is 1. The number of likely N-dealkylation sites (N-methyl/N-ethyl adjacent to an activating group) is 1. The topological polar surface area (TPSA) is 67.6 Å². The van der Waals surface area contributed by atoms with Crippen LogP contribution < -0.4 is 4.90 Å². The van der Waals surface area contributed by atoms with Crippen molar-refractivity contribution in [2.45, 2.75) is 31.8 Å². The largest absolute Gasteiger partial charge is 0.394 e. The SMILES string of the molecule is CCC(=O)N1CC[C@@H]2[C@@H](CO)N(C)c3ccc(-c4ccc(C#N)cc4)cc3[C@@H]21. The van der Waals surface area contributed by atoms with Gasteiger partial charge in [-0.25, -0.2) is 0 Å². The lowest BCUT2D eigenvalue weighted by molar-refractivity contribution is -0.132. The minimum Gasteiger partial charge on any atom is -0.394 e. The van der Waals surface area contributed by atoms with Gasteiger partial charge in [0.05, 0.1) is 30.3 Å². The van der Waals surface area contributed by atoms with E-state index in [0.29, 0.717) is 12.0 Å². The third kappa shape index (κ3) is 2.85. The molecule has 0 bridgehead atoms. The quantitative estimate of drug-likeness (QED) is 0.893. The van der Waals surface area contributed by atoms with E-state index in [1.165, 1.54) is 0 Å². The van der Waals surface area contributed by atoms with E-state index in [2.05, 4.69) is 29.2 Å². The van der Waals surface area contributed by atoms with Gasteiger partial charge in [-0.15, -0.1) is 0 Å². The highest BCUT2D eigenvalue weighted by atomic mass is 16.3. The Morgan fingerprint density at radius 3 is 2.57 bits per heavy atom. The molecule has 2 aromatic carbocycles. The van der Waals surface area contributed by atoms with Gasteiger partial charge in [-0.2, -0.15) is 5.26 Å². The summed E-state index contributed by atoms with van der Waals surface area (Å²) in [6, 6.07) is 16.1. The number of hydrogen-bond acceptors (Lipinski definition) is 4. The Balaban J connectivity index is 1.81. The van der Waals surface area contributed by atoms with E-state index in [1.54, 1.807) is 0 Å². The predicted molar refractivity (Wildman–Crippen MR) is 109 cm³/mol. The first-order valence-corrected chi connectivity index (χ1v) is 9.86. The van der Waals surface area contributed by atoms with Gasteiger partial charge in [-0.05, 0) is 47.4 Å². The third-order valence-corrected chi connectivity index (χ3v) is 6.32. The lowest BCUT2D eigenvalue weighted by Crippen LogP contribution is -2.48. The van der Waals surface area contributed by atoms with Crippen molar-refractivity contribution in [2.75, 3.05) is 25.1 Å². The van der Waals surface area contributed by atoms with Gasteiger partial charge in [-0.1, -0.05) is 25.1 Å². The van der Waals surface area contributed by atoms with Crippen LogP contribution in [-0.2, 0) is 4.79 Å². The van der Waals surface area contributed by atoms with Crippen molar-refractivity contribution in [1.29, 1.82) is 5.26 Å². The number of nitrogens with zero attached hydrogens (tertiary/aromatic N) is 3. The summed E-state index contributed by atoms with van der Waals surface area (Å²) >= 11 is 0. The zero-order valence-corrected chi connectivity index (χ0v) is 16.3. The van der Waals surface area contributed by atoms with Crippen molar-refractivity contribution in [2.24, 2.45) is 5.92 Å². The van der Waals surface area contributed by atoms with E-state index in [1.807, 2.05) is 43.1 Å². The molecule has 0 saturated carbocycles. The monoisotopic (exact) mass is 375 g/mol. The van der Waals surface area contributed by atoms with Crippen molar-refractivity contribution in [3.05, 3.63) is 53.6 Å². The fourth-order valence-corrected chi connectivity index (χ4v) is 4.85. The number of hydrogen-bond donors (Lipinski definition) is 1. The first-order chi connectivity index (χ1) is 13.6. The van der Waals surface area contributed by atoms with Crippen LogP contribution >= 0.6 is 0 Å². The Hall–Kier alpha value is -2.84. The molecule has 0 aromatic heterocycles. The maximum atomic E-state index is 12.6. The molecule has 4 rings (SSSR count). The van der Waals surface area contributed by atoms with Crippen molar-refractivity contribution < 1.29 is 9.90 Å². The Morgan fingerprint density at radius 1 is 1.21 bits per heavy atom. The summed E-state index contributed by atoms with van der Waals surface area (Å²) in [5, 5.41) is 19.1. The molecule has 1 N–H and O–H groups in total. The molecule has 0 aliphatic carbocycles. The second kappa shape index (κ2) is 7.29. The van der Waals surface area contributed by atoms with Crippen LogP contribution in [0.25, 0.3) is 11.1 Å². The fourth-order valence-electron chi connectivity index (χ4n) is 4.85. The Morgan fingerprint density at radius 2 is 1.93 bits per heavy atom. The minimum absolute atomic E-state index is 0.00846. The van der Waals surface area contributed by atoms with Crippen LogP contribution in [0.5, 0.6) is 0 Å². The molecule has 2 aliphatic heterocycles. The van der Waals surface area contributed by atoms with Gasteiger partial charge in [0.1, 0.15) is 0 Å². The van der Waals surface area contributed by atoms with Gasteiger partial charge < -0.3 is 14.9 Å². The molecule has 28 heavy (non-hydrogen) atoms. The van der Waals surface area contributed by atoms with Crippen LogP contribution in [0.15, 0.2) is 42.5 Å². The van der Waals surface area contributed by atoms with Gasteiger partial charge in [-0.3, -0.25) is 4.79 Å². The van der Waals surface area contributed by atoms with E-state index in [9.17, 15) is 9.90 Å². The molecular formula is C23H25N3O2. The summed E-state index contributed by atoms with van der Waals surface area (Å²) in [4.78, 5) is 16.8. The maximum Gasteiger partial charge on any atom is 0.222 e. The summed E-state index contributed by atoms with van der Waals surface area (Å²) in [5.74, 6) is 0.401. The molecule has 144 valence electrons.